The molecule has 0 saturated heterocycles. The Balaban J connectivity index is 2.06. The van der Waals surface area contributed by atoms with E-state index in [1.807, 2.05) is 31.3 Å². The van der Waals surface area contributed by atoms with E-state index in [4.69, 9.17) is 5.73 Å². The minimum atomic E-state index is -0.255. The number of aryl methyl sites for hydroxylation is 1. The highest BCUT2D eigenvalue weighted by atomic mass is 14.8. The van der Waals surface area contributed by atoms with Gasteiger partial charge in [0, 0.05) is 28.9 Å². The van der Waals surface area contributed by atoms with Crippen molar-refractivity contribution in [2.75, 3.05) is 0 Å². The van der Waals surface area contributed by atoms with Gasteiger partial charge in [0.1, 0.15) is 0 Å². The molecule has 2 aromatic heterocycles. The summed E-state index contributed by atoms with van der Waals surface area (Å²) in [5.41, 5.74) is 10.1. The summed E-state index contributed by atoms with van der Waals surface area (Å²) in [6.45, 7) is 1.91. The minimum absolute atomic E-state index is 0.255. The third kappa shape index (κ3) is 1.76. The van der Waals surface area contributed by atoms with E-state index in [0.29, 0.717) is 0 Å². The summed E-state index contributed by atoms with van der Waals surface area (Å²) in [5.74, 6) is 0. The van der Waals surface area contributed by atoms with Crippen LogP contribution in [0.5, 0.6) is 0 Å². The van der Waals surface area contributed by atoms with E-state index in [1.54, 1.807) is 12.4 Å². The first-order chi connectivity index (χ1) is 8.75. The highest BCUT2D eigenvalue weighted by Crippen LogP contribution is 2.25. The van der Waals surface area contributed by atoms with Gasteiger partial charge in [0.2, 0.25) is 0 Å². The molecule has 90 valence electrons. The summed E-state index contributed by atoms with van der Waals surface area (Å²) in [7, 11) is 0. The summed E-state index contributed by atoms with van der Waals surface area (Å²) in [5, 5.41) is 1.13. The predicted molar refractivity (Wildman–Crippen MR) is 71.1 cm³/mol. The van der Waals surface area contributed by atoms with Gasteiger partial charge in [-0.2, -0.15) is 0 Å². The maximum Gasteiger partial charge on any atom is 0.0800 e. The molecule has 0 spiro atoms. The molecule has 0 aliphatic carbocycles. The fraction of sp³-hybridized carbons (Fsp3) is 0.143. The average molecular weight is 238 g/mol. The molecule has 1 atom stereocenters. The Morgan fingerprint density at radius 2 is 2.00 bits per heavy atom. The third-order valence-electron chi connectivity index (χ3n) is 3.08. The minimum Gasteiger partial charge on any atom is -0.361 e. The van der Waals surface area contributed by atoms with Crippen LogP contribution in [-0.2, 0) is 0 Å². The monoisotopic (exact) mass is 238 g/mol. The van der Waals surface area contributed by atoms with Crippen LogP contribution in [0.4, 0.5) is 0 Å². The highest BCUT2D eigenvalue weighted by molar-refractivity contribution is 5.83. The van der Waals surface area contributed by atoms with Crippen LogP contribution in [0.1, 0.15) is 23.0 Å². The first-order valence-corrected chi connectivity index (χ1v) is 5.86. The zero-order valence-corrected chi connectivity index (χ0v) is 10.1. The Kier molecular flexibility index (Phi) is 2.57. The van der Waals surface area contributed by atoms with Gasteiger partial charge in [-0.25, -0.2) is 0 Å². The van der Waals surface area contributed by atoms with Crippen molar-refractivity contribution in [3.05, 3.63) is 59.8 Å². The quantitative estimate of drug-likeness (QED) is 0.720. The normalized spacial score (nSPS) is 12.8. The summed E-state index contributed by atoms with van der Waals surface area (Å²) >= 11 is 0. The van der Waals surface area contributed by atoms with Crippen molar-refractivity contribution in [2.45, 2.75) is 13.0 Å². The Morgan fingerprint density at radius 1 is 1.17 bits per heavy atom. The van der Waals surface area contributed by atoms with E-state index in [0.717, 1.165) is 27.9 Å². The number of nitrogens with zero attached hydrogens (tertiary/aromatic N) is 2. The second-order valence-corrected chi connectivity index (χ2v) is 4.35. The summed E-state index contributed by atoms with van der Waals surface area (Å²) in [6, 6.07) is 7.84. The topological polar surface area (TPSA) is 67.6 Å². The molecule has 0 radical (unpaired) electrons. The van der Waals surface area contributed by atoms with E-state index < -0.39 is 0 Å². The van der Waals surface area contributed by atoms with Crippen LogP contribution >= 0.6 is 0 Å². The number of H-pyrrole nitrogens is 1. The lowest BCUT2D eigenvalue weighted by molar-refractivity contribution is 0.819. The van der Waals surface area contributed by atoms with Crippen molar-refractivity contribution < 1.29 is 0 Å². The van der Waals surface area contributed by atoms with E-state index in [2.05, 4.69) is 21.0 Å². The molecule has 0 bridgehead atoms. The van der Waals surface area contributed by atoms with Crippen molar-refractivity contribution in [2.24, 2.45) is 5.73 Å². The number of nitrogens with two attached hydrogens (primary N) is 1. The zero-order valence-electron chi connectivity index (χ0n) is 10.1. The molecule has 4 nitrogen and oxygen atoms in total. The lowest BCUT2D eigenvalue weighted by Crippen LogP contribution is -2.13. The molecular formula is C14H14N4. The van der Waals surface area contributed by atoms with Crippen LogP contribution in [0.15, 0.2) is 42.9 Å². The van der Waals surface area contributed by atoms with Crippen LogP contribution in [-0.4, -0.2) is 15.0 Å². The molecule has 4 heteroatoms. The first kappa shape index (κ1) is 10.9. The van der Waals surface area contributed by atoms with Crippen LogP contribution < -0.4 is 5.73 Å². The molecule has 3 aromatic rings. The van der Waals surface area contributed by atoms with Crippen molar-refractivity contribution in [3.63, 3.8) is 0 Å². The summed E-state index contributed by atoms with van der Waals surface area (Å²) in [4.78, 5) is 11.8. The number of hydrogen-bond donors (Lipinski definition) is 2. The molecule has 0 fully saturated rings. The molecule has 2 heterocycles. The number of hydrogen-bond acceptors (Lipinski definition) is 3. The van der Waals surface area contributed by atoms with Crippen LogP contribution in [0, 0.1) is 6.92 Å². The molecular weight excluding hydrogens is 224 g/mol. The lowest BCUT2D eigenvalue weighted by Gasteiger charge is -2.09. The Morgan fingerprint density at radius 3 is 2.78 bits per heavy atom. The molecule has 18 heavy (non-hydrogen) atoms. The van der Waals surface area contributed by atoms with Gasteiger partial charge in [0.25, 0.3) is 0 Å². The highest BCUT2D eigenvalue weighted by Gasteiger charge is 2.14. The third-order valence-corrected chi connectivity index (χ3v) is 3.08. The Labute approximate surface area is 105 Å². The summed E-state index contributed by atoms with van der Waals surface area (Å²) in [6.07, 6.45) is 5.42. The van der Waals surface area contributed by atoms with Gasteiger partial charge in [-0.15, -0.1) is 0 Å². The largest absolute Gasteiger partial charge is 0.361 e. The molecule has 3 rings (SSSR count). The van der Waals surface area contributed by atoms with Gasteiger partial charge < -0.3 is 10.7 Å². The smallest absolute Gasteiger partial charge is 0.0800 e. The van der Waals surface area contributed by atoms with Crippen LogP contribution in [0.2, 0.25) is 0 Å². The van der Waals surface area contributed by atoms with Crippen molar-refractivity contribution in [1.29, 1.82) is 0 Å². The van der Waals surface area contributed by atoms with Gasteiger partial charge in [0.05, 0.1) is 23.6 Å². The molecule has 0 amide bonds. The predicted octanol–water partition coefficient (Wildman–Crippen LogP) is 2.31. The van der Waals surface area contributed by atoms with Gasteiger partial charge in [-0.3, -0.25) is 9.97 Å². The molecule has 1 aromatic carbocycles. The Bertz CT molecular complexity index is 670. The number of benzene rings is 1. The molecule has 1 unspecified atom stereocenters. The van der Waals surface area contributed by atoms with Crippen LogP contribution in [0.3, 0.4) is 0 Å². The number of nitrogens with one attached hydrogen (secondary N) is 1. The van der Waals surface area contributed by atoms with Gasteiger partial charge in [-0.1, -0.05) is 18.2 Å². The number of rotatable bonds is 2. The number of fused-ring (bicyclic) bond motifs is 1. The second kappa shape index (κ2) is 4.23. The maximum absolute atomic E-state index is 6.25. The van der Waals surface area contributed by atoms with Gasteiger partial charge >= 0.3 is 0 Å². The number of para-hydroxylation sites is 1. The average Bonchev–Trinajstić information content (AvgIpc) is 2.82. The SMILES string of the molecule is Cc1cnc(C(N)c2c[nH]c3ccccc23)cn1. The van der Waals surface area contributed by atoms with E-state index >= 15 is 0 Å². The van der Waals surface area contributed by atoms with Crippen LogP contribution in [0.25, 0.3) is 10.9 Å². The fourth-order valence-corrected chi connectivity index (χ4v) is 2.07. The van der Waals surface area contributed by atoms with E-state index in [9.17, 15) is 0 Å². The number of aromatic nitrogens is 3. The number of aromatic amines is 1. The van der Waals surface area contributed by atoms with Gasteiger partial charge in [0.15, 0.2) is 0 Å². The van der Waals surface area contributed by atoms with E-state index in [-0.39, 0.29) is 6.04 Å². The standard InChI is InChI=1S/C14H14N4/c1-9-6-17-13(8-16-9)14(15)11-7-18-12-5-3-2-4-10(11)12/h2-8,14,18H,15H2,1H3. The lowest BCUT2D eigenvalue weighted by atomic mass is 10.0. The maximum atomic E-state index is 6.25. The fourth-order valence-electron chi connectivity index (χ4n) is 2.07. The summed E-state index contributed by atoms with van der Waals surface area (Å²) < 4.78 is 0. The van der Waals surface area contributed by atoms with Crippen molar-refractivity contribution >= 4 is 10.9 Å². The van der Waals surface area contributed by atoms with Crippen molar-refractivity contribution in [1.82, 2.24) is 15.0 Å². The Hall–Kier alpha value is -2.20. The molecule has 0 saturated carbocycles. The van der Waals surface area contributed by atoms with Gasteiger partial charge in [-0.05, 0) is 13.0 Å². The molecule has 0 aliphatic heterocycles. The van der Waals surface area contributed by atoms with E-state index in [1.165, 1.54) is 0 Å². The second-order valence-electron chi connectivity index (χ2n) is 4.35. The molecule has 0 aliphatic rings. The zero-order chi connectivity index (χ0) is 12.5. The van der Waals surface area contributed by atoms with Crippen molar-refractivity contribution in [3.8, 4) is 0 Å². The first-order valence-electron chi connectivity index (χ1n) is 5.86. The molecule has 3 N–H and O–H groups in total.